The molecule has 0 fully saturated rings. The average Bonchev–Trinajstić information content (AvgIpc) is 2.02. The lowest BCUT2D eigenvalue weighted by Crippen LogP contribution is -2.44. The highest BCUT2D eigenvalue weighted by Crippen LogP contribution is 2.53. The van der Waals surface area contributed by atoms with Crippen LogP contribution in [0.25, 0.3) is 0 Å². The minimum absolute atomic E-state index is 0.268. The monoisotopic (exact) mass is 192 g/mol. The van der Waals surface area contributed by atoms with Crippen molar-refractivity contribution in [3.63, 3.8) is 0 Å². The van der Waals surface area contributed by atoms with Crippen LogP contribution < -0.4 is 0 Å². The van der Waals surface area contributed by atoms with E-state index in [1.54, 1.807) is 0 Å². The first-order valence-electron chi connectivity index (χ1n) is 5.71. The minimum Gasteiger partial charge on any atom is -0.0780 e. The summed E-state index contributed by atoms with van der Waals surface area (Å²) in [6.45, 7) is 14.1. The van der Waals surface area contributed by atoms with Gasteiger partial charge in [-0.05, 0) is 17.3 Å². The number of rotatable bonds is 2. The molecule has 0 amide bonds. The van der Waals surface area contributed by atoms with E-state index in [1.807, 2.05) is 0 Å². The van der Waals surface area contributed by atoms with Crippen molar-refractivity contribution >= 4 is 0 Å². The molecular weight excluding hydrogens is 168 g/mol. The Balaban J connectivity index is 3.21. The van der Waals surface area contributed by atoms with E-state index in [4.69, 9.17) is 0 Å². The Kier molecular flexibility index (Phi) is 2.94. The van der Waals surface area contributed by atoms with Gasteiger partial charge in [0.1, 0.15) is 0 Å². The van der Waals surface area contributed by atoms with E-state index < -0.39 is 0 Å². The second kappa shape index (κ2) is 3.56. The Hall–Kier alpha value is -0.520. The smallest absolute Gasteiger partial charge is 0.00165 e. The largest absolute Gasteiger partial charge is 0.0780 e. The van der Waals surface area contributed by atoms with Crippen molar-refractivity contribution in [3.8, 4) is 0 Å². The van der Waals surface area contributed by atoms with E-state index in [0.29, 0.717) is 17.3 Å². The summed E-state index contributed by atoms with van der Waals surface area (Å²) in [6, 6.07) is 0. The summed E-state index contributed by atoms with van der Waals surface area (Å²) in [5, 5.41) is 0. The summed E-state index contributed by atoms with van der Waals surface area (Å²) in [5.41, 5.74) is 0.575. The first-order valence-corrected chi connectivity index (χ1v) is 5.71. The molecule has 0 aromatic rings. The molecule has 1 aliphatic carbocycles. The van der Waals surface area contributed by atoms with Crippen LogP contribution in [0.3, 0.4) is 0 Å². The molecule has 0 saturated heterocycles. The summed E-state index contributed by atoms with van der Waals surface area (Å²) < 4.78 is 0. The molecule has 0 atom stereocenters. The molecule has 1 rings (SSSR count). The van der Waals surface area contributed by atoms with Crippen molar-refractivity contribution in [3.05, 3.63) is 24.3 Å². The zero-order valence-corrected chi connectivity index (χ0v) is 10.5. The third-order valence-electron chi connectivity index (χ3n) is 4.02. The van der Waals surface area contributed by atoms with Gasteiger partial charge in [-0.1, -0.05) is 65.8 Å². The fourth-order valence-corrected chi connectivity index (χ4v) is 3.41. The molecule has 1 aliphatic rings. The highest BCUT2D eigenvalue weighted by atomic mass is 14.5. The van der Waals surface area contributed by atoms with Crippen molar-refractivity contribution < 1.29 is 0 Å². The second-order valence-corrected chi connectivity index (χ2v) is 5.68. The van der Waals surface area contributed by atoms with Crippen LogP contribution in [0, 0.1) is 22.7 Å². The maximum atomic E-state index is 2.42. The van der Waals surface area contributed by atoms with Crippen LogP contribution in [-0.4, -0.2) is 0 Å². The summed E-state index contributed by atoms with van der Waals surface area (Å²) in [6.07, 6.45) is 9.17. The van der Waals surface area contributed by atoms with E-state index >= 15 is 0 Å². The van der Waals surface area contributed by atoms with Gasteiger partial charge in [-0.15, -0.1) is 0 Å². The molecule has 0 spiro atoms. The minimum atomic E-state index is 0.268. The van der Waals surface area contributed by atoms with Gasteiger partial charge in [0.25, 0.3) is 0 Å². The van der Waals surface area contributed by atoms with Gasteiger partial charge in [-0.25, -0.2) is 0 Å². The average molecular weight is 192 g/mol. The molecule has 0 bridgehead atoms. The molecule has 0 radical (unpaired) electrons. The van der Waals surface area contributed by atoms with Gasteiger partial charge in [-0.3, -0.25) is 0 Å². The molecule has 0 N–H and O–H groups in total. The molecular formula is C14H24. The summed E-state index contributed by atoms with van der Waals surface area (Å²) in [5.74, 6) is 1.36. The van der Waals surface area contributed by atoms with Crippen molar-refractivity contribution in [2.45, 2.75) is 41.5 Å². The Morgan fingerprint density at radius 1 is 0.786 bits per heavy atom. The molecule has 0 saturated carbocycles. The van der Waals surface area contributed by atoms with Crippen LogP contribution in [0.2, 0.25) is 0 Å². The molecule has 0 heterocycles. The molecule has 0 nitrogen and oxygen atoms in total. The molecule has 0 aliphatic heterocycles. The van der Waals surface area contributed by atoms with Crippen LogP contribution in [0.5, 0.6) is 0 Å². The zero-order valence-electron chi connectivity index (χ0n) is 10.5. The SMILES string of the molecule is CC(C)C1(C(C)C)C=CC=CC1(C)C. The fraction of sp³-hybridized carbons (Fsp3) is 0.714. The summed E-state index contributed by atoms with van der Waals surface area (Å²) >= 11 is 0. The quantitative estimate of drug-likeness (QED) is 0.607. The molecule has 80 valence electrons. The highest BCUT2D eigenvalue weighted by Gasteiger charge is 2.46. The van der Waals surface area contributed by atoms with Crippen molar-refractivity contribution in [1.29, 1.82) is 0 Å². The lowest BCUT2D eigenvalue weighted by atomic mass is 9.53. The van der Waals surface area contributed by atoms with Gasteiger partial charge in [0, 0.05) is 5.41 Å². The standard InChI is InChI=1S/C14H24/c1-11(2)14(12(3)4)10-8-7-9-13(14,5)6/h7-12H,1-6H3. The van der Waals surface area contributed by atoms with Crippen LogP contribution in [0.1, 0.15) is 41.5 Å². The van der Waals surface area contributed by atoms with Crippen LogP contribution in [0.15, 0.2) is 24.3 Å². The summed E-state index contributed by atoms with van der Waals surface area (Å²) in [7, 11) is 0. The first-order chi connectivity index (χ1) is 6.34. The van der Waals surface area contributed by atoms with E-state index in [0.717, 1.165) is 0 Å². The van der Waals surface area contributed by atoms with Gasteiger partial charge < -0.3 is 0 Å². The van der Waals surface area contributed by atoms with E-state index in [9.17, 15) is 0 Å². The van der Waals surface area contributed by atoms with Gasteiger partial charge in [0.2, 0.25) is 0 Å². The van der Waals surface area contributed by atoms with Crippen LogP contribution in [-0.2, 0) is 0 Å². The van der Waals surface area contributed by atoms with Crippen molar-refractivity contribution in [2.24, 2.45) is 22.7 Å². The van der Waals surface area contributed by atoms with Gasteiger partial charge in [-0.2, -0.15) is 0 Å². The van der Waals surface area contributed by atoms with Gasteiger partial charge in [0.15, 0.2) is 0 Å². The van der Waals surface area contributed by atoms with Crippen molar-refractivity contribution in [1.82, 2.24) is 0 Å². The zero-order chi connectivity index (χ0) is 11.0. The van der Waals surface area contributed by atoms with E-state index in [1.165, 1.54) is 0 Å². The molecule has 14 heavy (non-hydrogen) atoms. The maximum absolute atomic E-state index is 2.42. The lowest BCUT2D eigenvalue weighted by molar-refractivity contribution is 0.0540. The highest BCUT2D eigenvalue weighted by molar-refractivity contribution is 5.25. The Bertz CT molecular complexity index is 243. The van der Waals surface area contributed by atoms with Gasteiger partial charge >= 0.3 is 0 Å². The van der Waals surface area contributed by atoms with Crippen LogP contribution >= 0.6 is 0 Å². The predicted molar refractivity (Wildman–Crippen MR) is 64.2 cm³/mol. The fourth-order valence-electron chi connectivity index (χ4n) is 3.41. The maximum Gasteiger partial charge on any atom is 0.00165 e. The van der Waals surface area contributed by atoms with Gasteiger partial charge in [0.05, 0.1) is 0 Å². The lowest BCUT2D eigenvalue weighted by Gasteiger charge is -2.51. The molecule has 0 heteroatoms. The number of allylic oxidation sites excluding steroid dienone is 4. The Labute approximate surface area is 89.1 Å². The molecule has 0 unspecified atom stereocenters. The predicted octanol–water partition coefficient (Wildman–Crippen LogP) is 4.44. The topological polar surface area (TPSA) is 0 Å². The number of hydrogen-bond donors (Lipinski definition) is 0. The normalized spacial score (nSPS) is 23.4. The summed E-state index contributed by atoms with van der Waals surface area (Å²) in [4.78, 5) is 0. The van der Waals surface area contributed by atoms with Crippen molar-refractivity contribution in [2.75, 3.05) is 0 Å². The van der Waals surface area contributed by atoms with Crippen LogP contribution in [0.4, 0.5) is 0 Å². The molecule has 0 aromatic heterocycles. The number of hydrogen-bond acceptors (Lipinski definition) is 0. The third-order valence-corrected chi connectivity index (χ3v) is 4.02. The first kappa shape index (κ1) is 11.6. The Morgan fingerprint density at radius 3 is 1.50 bits per heavy atom. The molecule has 0 aromatic carbocycles. The third kappa shape index (κ3) is 1.45. The van der Waals surface area contributed by atoms with E-state index in [-0.39, 0.29) is 5.41 Å². The second-order valence-electron chi connectivity index (χ2n) is 5.68. The van der Waals surface area contributed by atoms with E-state index in [2.05, 4.69) is 65.8 Å². The Morgan fingerprint density at radius 2 is 1.21 bits per heavy atom.